The van der Waals surface area contributed by atoms with Crippen molar-refractivity contribution in [3.05, 3.63) is 0 Å². The number of amides is 1. The Kier molecular flexibility index (Phi) is 4.89. The molecule has 2 N–H and O–H groups in total. The van der Waals surface area contributed by atoms with Crippen LogP contribution < -0.4 is 5.32 Å². The van der Waals surface area contributed by atoms with E-state index in [2.05, 4.69) is 15.1 Å². The van der Waals surface area contributed by atoms with Crippen molar-refractivity contribution in [1.29, 1.82) is 0 Å². The maximum atomic E-state index is 11.0. The van der Waals surface area contributed by atoms with Crippen molar-refractivity contribution in [2.45, 2.75) is 25.4 Å². The smallest absolute Gasteiger partial charge is 0.327 e. The molecule has 0 aromatic heterocycles. The summed E-state index contributed by atoms with van der Waals surface area (Å²) in [7, 11) is 4.05. The Hall–Kier alpha value is -1.14. The van der Waals surface area contributed by atoms with Crippen LogP contribution in [0.3, 0.4) is 0 Å². The lowest BCUT2D eigenvalue weighted by Crippen LogP contribution is -2.47. The zero-order valence-electron chi connectivity index (χ0n) is 10.6. The first-order chi connectivity index (χ1) is 7.90. The van der Waals surface area contributed by atoms with Crippen molar-refractivity contribution in [3.8, 4) is 0 Å². The number of aliphatic carboxylic acids is 1. The monoisotopic (exact) mass is 243 g/mol. The molecule has 1 aliphatic heterocycles. The molecule has 1 rings (SSSR count). The second kappa shape index (κ2) is 5.97. The number of carbonyl (C=O) groups excluding carboxylic acids is 1. The van der Waals surface area contributed by atoms with E-state index in [4.69, 9.17) is 5.11 Å². The molecular weight excluding hydrogens is 222 g/mol. The molecule has 0 spiro atoms. The molecule has 2 unspecified atom stereocenters. The lowest BCUT2D eigenvalue weighted by Gasteiger charge is -2.23. The summed E-state index contributed by atoms with van der Waals surface area (Å²) in [6, 6.07) is -0.338. The van der Waals surface area contributed by atoms with Crippen LogP contribution in [0.2, 0.25) is 0 Å². The van der Waals surface area contributed by atoms with Gasteiger partial charge in [0.15, 0.2) is 0 Å². The summed E-state index contributed by atoms with van der Waals surface area (Å²) >= 11 is 0. The van der Waals surface area contributed by atoms with Crippen LogP contribution in [0.5, 0.6) is 0 Å². The average Bonchev–Trinajstić information content (AvgIpc) is 2.64. The largest absolute Gasteiger partial charge is 0.480 e. The Morgan fingerprint density at radius 2 is 2.18 bits per heavy atom. The summed E-state index contributed by atoms with van der Waals surface area (Å²) in [5.41, 5.74) is 0. The summed E-state index contributed by atoms with van der Waals surface area (Å²) in [4.78, 5) is 26.1. The van der Waals surface area contributed by atoms with E-state index in [0.29, 0.717) is 12.6 Å². The molecule has 1 aliphatic rings. The highest BCUT2D eigenvalue weighted by Crippen LogP contribution is 2.13. The zero-order chi connectivity index (χ0) is 13.0. The van der Waals surface area contributed by atoms with Crippen LogP contribution in [-0.2, 0) is 9.59 Å². The summed E-state index contributed by atoms with van der Waals surface area (Å²) < 4.78 is 0. The molecule has 2 atom stereocenters. The Labute approximate surface area is 102 Å². The van der Waals surface area contributed by atoms with Crippen molar-refractivity contribution in [3.63, 3.8) is 0 Å². The quantitative estimate of drug-likeness (QED) is 0.662. The summed E-state index contributed by atoms with van der Waals surface area (Å²) in [5.74, 6) is -1.28. The Bertz CT molecular complexity index is 294. The first kappa shape index (κ1) is 13.9. The number of carboxylic acids is 1. The van der Waals surface area contributed by atoms with E-state index in [1.54, 1.807) is 0 Å². The number of nitrogens with one attached hydrogen (secondary N) is 1. The van der Waals surface area contributed by atoms with E-state index < -0.39 is 12.0 Å². The molecule has 0 saturated carbocycles. The van der Waals surface area contributed by atoms with Crippen LogP contribution in [0.25, 0.3) is 0 Å². The van der Waals surface area contributed by atoms with Gasteiger partial charge in [0.2, 0.25) is 5.91 Å². The minimum absolute atomic E-state index is 0.305. The molecule has 6 nitrogen and oxygen atoms in total. The van der Waals surface area contributed by atoms with E-state index in [-0.39, 0.29) is 5.91 Å². The van der Waals surface area contributed by atoms with Crippen LogP contribution in [0, 0.1) is 0 Å². The molecule has 17 heavy (non-hydrogen) atoms. The van der Waals surface area contributed by atoms with Crippen LogP contribution in [0.1, 0.15) is 13.3 Å². The highest BCUT2D eigenvalue weighted by atomic mass is 16.4. The van der Waals surface area contributed by atoms with Gasteiger partial charge in [-0.1, -0.05) is 0 Å². The summed E-state index contributed by atoms with van der Waals surface area (Å²) in [6.07, 6.45) is 1.04. The van der Waals surface area contributed by atoms with Gasteiger partial charge in [0.25, 0.3) is 0 Å². The second-order valence-corrected chi connectivity index (χ2v) is 4.76. The summed E-state index contributed by atoms with van der Waals surface area (Å²) in [6.45, 7) is 3.45. The lowest BCUT2D eigenvalue weighted by molar-refractivity contribution is -0.142. The number of hydrogen-bond acceptors (Lipinski definition) is 4. The minimum atomic E-state index is -0.978. The molecule has 0 aliphatic carbocycles. The number of carbonyl (C=O) groups is 2. The number of carboxylic acid groups (broad SMARTS) is 1. The normalized spacial score (nSPS) is 22.7. The SMILES string of the molecule is CC(=O)NC(CN1CCC(N(C)C)C1)C(=O)O. The topological polar surface area (TPSA) is 72.9 Å². The number of rotatable bonds is 5. The van der Waals surface area contributed by atoms with Gasteiger partial charge in [0, 0.05) is 26.1 Å². The molecule has 98 valence electrons. The van der Waals surface area contributed by atoms with E-state index in [1.165, 1.54) is 6.92 Å². The van der Waals surface area contributed by atoms with Crippen molar-refractivity contribution in [2.24, 2.45) is 0 Å². The van der Waals surface area contributed by atoms with Crippen molar-refractivity contribution >= 4 is 11.9 Å². The molecule has 1 amide bonds. The fraction of sp³-hybridized carbons (Fsp3) is 0.818. The third kappa shape index (κ3) is 4.32. The molecule has 1 saturated heterocycles. The third-order valence-corrected chi connectivity index (χ3v) is 3.09. The van der Waals surface area contributed by atoms with Crippen LogP contribution in [0.4, 0.5) is 0 Å². The molecule has 1 fully saturated rings. The molecule has 0 aromatic rings. The molecule has 0 bridgehead atoms. The molecule has 1 heterocycles. The maximum Gasteiger partial charge on any atom is 0.327 e. The van der Waals surface area contributed by atoms with Gasteiger partial charge in [0.05, 0.1) is 0 Å². The third-order valence-electron chi connectivity index (χ3n) is 3.09. The van der Waals surface area contributed by atoms with E-state index in [0.717, 1.165) is 19.5 Å². The molecular formula is C11H21N3O3. The van der Waals surface area contributed by atoms with Gasteiger partial charge >= 0.3 is 5.97 Å². The van der Waals surface area contributed by atoms with Crippen LogP contribution >= 0.6 is 0 Å². The molecule has 6 heteroatoms. The van der Waals surface area contributed by atoms with Crippen LogP contribution in [0.15, 0.2) is 0 Å². The van der Waals surface area contributed by atoms with Gasteiger partial charge in [-0.15, -0.1) is 0 Å². The number of hydrogen-bond donors (Lipinski definition) is 2. The predicted octanol–water partition coefficient (Wildman–Crippen LogP) is -0.788. The van der Waals surface area contributed by atoms with Gasteiger partial charge in [-0.2, -0.15) is 0 Å². The zero-order valence-corrected chi connectivity index (χ0v) is 10.6. The van der Waals surface area contributed by atoms with E-state index >= 15 is 0 Å². The summed E-state index contributed by atoms with van der Waals surface area (Å²) in [5, 5.41) is 11.5. The van der Waals surface area contributed by atoms with Crippen molar-refractivity contribution < 1.29 is 14.7 Å². The predicted molar refractivity (Wildman–Crippen MR) is 63.8 cm³/mol. The maximum absolute atomic E-state index is 11.0. The Balaban J connectivity index is 2.46. The van der Waals surface area contributed by atoms with E-state index in [1.807, 2.05) is 14.1 Å². The van der Waals surface area contributed by atoms with Crippen molar-refractivity contribution in [1.82, 2.24) is 15.1 Å². The first-order valence-electron chi connectivity index (χ1n) is 5.79. The highest BCUT2D eigenvalue weighted by Gasteiger charge is 2.28. The van der Waals surface area contributed by atoms with Crippen LogP contribution in [-0.4, -0.2) is 72.6 Å². The van der Waals surface area contributed by atoms with E-state index in [9.17, 15) is 9.59 Å². The minimum Gasteiger partial charge on any atom is -0.480 e. The van der Waals surface area contributed by atoms with Gasteiger partial charge in [-0.05, 0) is 27.1 Å². The second-order valence-electron chi connectivity index (χ2n) is 4.76. The Morgan fingerprint density at radius 3 is 2.59 bits per heavy atom. The standard InChI is InChI=1S/C11H21N3O3/c1-8(15)12-10(11(16)17)7-14-5-4-9(6-14)13(2)3/h9-10H,4-7H2,1-3H3,(H,12,15)(H,16,17). The fourth-order valence-corrected chi connectivity index (χ4v) is 2.09. The number of likely N-dealkylation sites (N-methyl/N-ethyl adjacent to an activating group) is 1. The highest BCUT2D eigenvalue weighted by molar-refractivity contribution is 5.82. The lowest BCUT2D eigenvalue weighted by atomic mass is 10.2. The average molecular weight is 243 g/mol. The first-order valence-corrected chi connectivity index (χ1v) is 5.79. The number of nitrogens with zero attached hydrogens (tertiary/aromatic N) is 2. The Morgan fingerprint density at radius 1 is 1.53 bits per heavy atom. The molecule has 0 aromatic carbocycles. The molecule has 0 radical (unpaired) electrons. The number of likely N-dealkylation sites (tertiary alicyclic amines) is 1. The van der Waals surface area contributed by atoms with Gasteiger partial charge in [-0.3, -0.25) is 9.69 Å². The van der Waals surface area contributed by atoms with Gasteiger partial charge < -0.3 is 15.3 Å². The fourth-order valence-electron chi connectivity index (χ4n) is 2.09. The van der Waals surface area contributed by atoms with Crippen molar-refractivity contribution in [2.75, 3.05) is 33.7 Å². The van der Waals surface area contributed by atoms with Gasteiger partial charge in [0.1, 0.15) is 6.04 Å². The van der Waals surface area contributed by atoms with Gasteiger partial charge in [-0.25, -0.2) is 4.79 Å².